The van der Waals surface area contributed by atoms with E-state index in [-0.39, 0.29) is 12.1 Å². The average molecular weight is 337 g/mol. The molecule has 1 rings (SSSR count). The van der Waals surface area contributed by atoms with E-state index in [1.165, 1.54) is 0 Å². The summed E-state index contributed by atoms with van der Waals surface area (Å²) in [6.45, 7) is 3.74. The Bertz CT molecular complexity index is 553. The van der Waals surface area contributed by atoms with E-state index in [9.17, 15) is 22.4 Å². The second kappa shape index (κ2) is 7.16. The van der Waals surface area contributed by atoms with E-state index in [2.05, 4.69) is 0 Å². The van der Waals surface area contributed by atoms with Crippen molar-refractivity contribution in [1.29, 1.82) is 0 Å². The van der Waals surface area contributed by atoms with Crippen molar-refractivity contribution in [2.75, 3.05) is 13.2 Å². The van der Waals surface area contributed by atoms with Gasteiger partial charge in [0, 0.05) is 13.1 Å². The highest BCUT2D eigenvalue weighted by Gasteiger charge is 2.34. The number of nitrogens with zero attached hydrogens (tertiary/aromatic N) is 1. The zero-order valence-electron chi connectivity index (χ0n) is 13.1. The van der Waals surface area contributed by atoms with Gasteiger partial charge in [-0.3, -0.25) is 0 Å². The van der Waals surface area contributed by atoms with Gasteiger partial charge in [-0.15, -0.1) is 0 Å². The second-order valence-electron chi connectivity index (χ2n) is 5.92. The van der Waals surface area contributed by atoms with Gasteiger partial charge in [0.05, 0.1) is 12.2 Å². The van der Waals surface area contributed by atoms with Gasteiger partial charge in [0.2, 0.25) is 0 Å². The number of alkyl halides is 3. The molecule has 1 aromatic rings. The van der Waals surface area contributed by atoms with E-state index < -0.39 is 42.4 Å². The number of halogens is 4. The van der Waals surface area contributed by atoms with Crippen molar-refractivity contribution >= 4 is 6.09 Å². The topological polar surface area (TPSA) is 49.8 Å². The molecule has 0 atom stereocenters. The highest BCUT2D eigenvalue weighted by Crippen LogP contribution is 2.33. The van der Waals surface area contributed by atoms with Crippen LogP contribution in [0.2, 0.25) is 0 Å². The number of ether oxygens (including phenoxy) is 1. The molecule has 0 unspecified atom stereocenters. The highest BCUT2D eigenvalue weighted by atomic mass is 19.4. The predicted octanol–water partition coefficient (Wildman–Crippen LogP) is 3.57. The second-order valence-corrected chi connectivity index (χ2v) is 5.92. The Balaban J connectivity index is 3.08. The lowest BCUT2D eigenvalue weighted by molar-refractivity contribution is -0.138. The molecule has 130 valence electrons. The first-order valence-electron chi connectivity index (χ1n) is 6.88. The van der Waals surface area contributed by atoms with Crippen LogP contribution in [0.3, 0.4) is 0 Å². The summed E-state index contributed by atoms with van der Waals surface area (Å²) in [5, 5.41) is 9.00. The largest absolute Gasteiger partial charge is 0.444 e. The van der Waals surface area contributed by atoms with Crippen LogP contribution in [0.4, 0.5) is 22.4 Å². The van der Waals surface area contributed by atoms with Crippen molar-refractivity contribution in [2.24, 2.45) is 0 Å². The molecule has 1 aromatic carbocycles. The van der Waals surface area contributed by atoms with E-state index in [4.69, 9.17) is 9.84 Å². The number of rotatable bonds is 4. The van der Waals surface area contributed by atoms with Gasteiger partial charge in [0.25, 0.3) is 0 Å². The molecule has 0 heterocycles. The molecule has 1 N–H and O–H groups in total. The number of hydrogen-bond acceptors (Lipinski definition) is 3. The van der Waals surface area contributed by atoms with Crippen LogP contribution in [0.5, 0.6) is 0 Å². The van der Waals surface area contributed by atoms with Crippen LogP contribution in [-0.4, -0.2) is 34.9 Å². The predicted molar refractivity (Wildman–Crippen MR) is 75.1 cm³/mol. The van der Waals surface area contributed by atoms with Crippen molar-refractivity contribution in [2.45, 2.75) is 39.1 Å². The van der Waals surface area contributed by atoms with Crippen molar-refractivity contribution < 1.29 is 32.2 Å². The normalized spacial score (nSPS) is 12.2. The minimum Gasteiger partial charge on any atom is -0.444 e. The lowest BCUT2D eigenvalue weighted by atomic mass is 10.1. The van der Waals surface area contributed by atoms with Crippen LogP contribution in [-0.2, 0) is 17.5 Å². The maximum Gasteiger partial charge on any atom is 0.416 e. The van der Waals surface area contributed by atoms with Crippen LogP contribution in [0.15, 0.2) is 18.2 Å². The Hall–Kier alpha value is -1.83. The van der Waals surface area contributed by atoms with Crippen LogP contribution in [0, 0.1) is 5.82 Å². The number of carbonyl (C=O) groups is 1. The fraction of sp³-hybridized carbons (Fsp3) is 0.533. The summed E-state index contributed by atoms with van der Waals surface area (Å²) < 4.78 is 57.2. The number of carbonyl (C=O) groups excluding carboxylic acids is 1. The molecule has 4 nitrogen and oxygen atoms in total. The monoisotopic (exact) mass is 337 g/mol. The molecule has 0 saturated heterocycles. The maximum absolute atomic E-state index is 13.1. The van der Waals surface area contributed by atoms with Gasteiger partial charge in [-0.05, 0) is 38.5 Å². The SMILES string of the molecule is CC(C)(C)OC(=O)N(CCO)Cc1ccc(F)cc1C(F)(F)F. The van der Waals surface area contributed by atoms with E-state index in [1.807, 2.05) is 0 Å². The number of aliphatic hydroxyl groups excluding tert-OH is 1. The Morgan fingerprint density at radius 1 is 1.26 bits per heavy atom. The summed E-state index contributed by atoms with van der Waals surface area (Å²) in [6, 6.07) is 2.23. The van der Waals surface area contributed by atoms with Gasteiger partial charge in [0.15, 0.2) is 0 Å². The smallest absolute Gasteiger partial charge is 0.416 e. The summed E-state index contributed by atoms with van der Waals surface area (Å²) in [6.07, 6.45) is -5.61. The summed E-state index contributed by atoms with van der Waals surface area (Å²) in [7, 11) is 0. The molecule has 0 aromatic heterocycles. The molecule has 1 amide bonds. The van der Waals surface area contributed by atoms with Crippen LogP contribution < -0.4 is 0 Å². The first kappa shape index (κ1) is 19.2. The van der Waals surface area contributed by atoms with Gasteiger partial charge in [-0.1, -0.05) is 6.07 Å². The third-order valence-electron chi connectivity index (χ3n) is 2.76. The number of hydrogen-bond donors (Lipinski definition) is 1. The fourth-order valence-electron chi connectivity index (χ4n) is 1.84. The molecule has 0 bridgehead atoms. The zero-order valence-corrected chi connectivity index (χ0v) is 13.1. The van der Waals surface area contributed by atoms with E-state index >= 15 is 0 Å². The number of aliphatic hydroxyl groups is 1. The van der Waals surface area contributed by atoms with Crippen LogP contribution in [0.1, 0.15) is 31.9 Å². The molecule has 8 heteroatoms. The lowest BCUT2D eigenvalue weighted by Gasteiger charge is -2.27. The van der Waals surface area contributed by atoms with E-state index in [1.54, 1.807) is 20.8 Å². The summed E-state index contributed by atoms with van der Waals surface area (Å²) in [4.78, 5) is 13.0. The van der Waals surface area contributed by atoms with E-state index in [0.29, 0.717) is 6.07 Å². The first-order chi connectivity index (χ1) is 10.4. The minimum atomic E-state index is -4.75. The average Bonchev–Trinajstić information content (AvgIpc) is 2.36. The van der Waals surface area contributed by atoms with Crippen LogP contribution in [0.25, 0.3) is 0 Å². The summed E-state index contributed by atoms with van der Waals surface area (Å²) in [5.41, 5.74) is -2.28. The van der Waals surface area contributed by atoms with E-state index in [0.717, 1.165) is 17.0 Å². The lowest BCUT2D eigenvalue weighted by Crippen LogP contribution is -2.38. The quantitative estimate of drug-likeness (QED) is 0.855. The first-order valence-corrected chi connectivity index (χ1v) is 6.88. The molecule has 0 fully saturated rings. The zero-order chi connectivity index (χ0) is 17.8. The maximum atomic E-state index is 13.1. The molecule has 0 spiro atoms. The molecule has 0 aliphatic rings. The van der Waals surface area contributed by atoms with Crippen molar-refractivity contribution in [3.8, 4) is 0 Å². The molecular formula is C15H19F4NO3. The summed E-state index contributed by atoms with van der Waals surface area (Å²) >= 11 is 0. The third-order valence-corrected chi connectivity index (χ3v) is 2.76. The van der Waals surface area contributed by atoms with Gasteiger partial charge < -0.3 is 14.7 Å². The Morgan fingerprint density at radius 2 is 1.87 bits per heavy atom. The Kier molecular flexibility index (Phi) is 5.98. The number of amides is 1. The van der Waals surface area contributed by atoms with Crippen LogP contribution >= 0.6 is 0 Å². The number of benzene rings is 1. The standard InChI is InChI=1S/C15H19F4NO3/c1-14(2,3)23-13(22)20(6-7-21)9-10-4-5-11(16)8-12(10)15(17,18)19/h4-5,8,21H,6-7,9H2,1-3H3. The van der Waals surface area contributed by atoms with Gasteiger partial charge >= 0.3 is 12.3 Å². The molecular weight excluding hydrogens is 318 g/mol. The molecule has 0 aliphatic carbocycles. The fourth-order valence-corrected chi connectivity index (χ4v) is 1.84. The molecule has 0 saturated carbocycles. The van der Waals surface area contributed by atoms with Crippen molar-refractivity contribution in [3.63, 3.8) is 0 Å². The minimum absolute atomic E-state index is 0.205. The highest BCUT2D eigenvalue weighted by molar-refractivity contribution is 5.68. The Labute approximate surface area is 131 Å². The van der Waals surface area contributed by atoms with Gasteiger partial charge in [-0.25, -0.2) is 9.18 Å². The molecule has 0 aliphatic heterocycles. The summed E-state index contributed by atoms with van der Waals surface area (Å²) in [5.74, 6) is -1.02. The molecule has 23 heavy (non-hydrogen) atoms. The Morgan fingerprint density at radius 3 is 2.35 bits per heavy atom. The van der Waals surface area contributed by atoms with Crippen molar-refractivity contribution in [1.82, 2.24) is 4.90 Å². The van der Waals surface area contributed by atoms with Gasteiger partial charge in [-0.2, -0.15) is 13.2 Å². The molecule has 0 radical (unpaired) electrons. The third kappa shape index (κ3) is 6.05. The van der Waals surface area contributed by atoms with Gasteiger partial charge in [0.1, 0.15) is 11.4 Å². The van der Waals surface area contributed by atoms with Crippen molar-refractivity contribution in [3.05, 3.63) is 35.1 Å².